The van der Waals surface area contributed by atoms with Crippen molar-refractivity contribution in [2.75, 3.05) is 16.8 Å². The monoisotopic (exact) mass is 318 g/mol. The normalized spacial score (nSPS) is 17.8. The highest BCUT2D eigenvalue weighted by Gasteiger charge is 2.35. The van der Waals surface area contributed by atoms with Crippen molar-refractivity contribution in [1.29, 1.82) is 0 Å². The molecule has 114 valence electrons. The van der Waals surface area contributed by atoms with Crippen LogP contribution in [-0.2, 0) is 16.6 Å². The van der Waals surface area contributed by atoms with Crippen molar-refractivity contribution >= 4 is 34.8 Å². The Bertz CT molecular complexity index is 728. The van der Waals surface area contributed by atoms with E-state index in [2.05, 4.69) is 10.4 Å². The molecule has 2 aromatic rings. The predicted octanol–water partition coefficient (Wildman–Crippen LogP) is 2.07. The largest absolute Gasteiger partial charge is 0.323 e. The van der Waals surface area contributed by atoms with Crippen LogP contribution in [0.3, 0.4) is 0 Å². The molecule has 1 fully saturated rings. The quantitative estimate of drug-likeness (QED) is 0.942. The fourth-order valence-electron chi connectivity index (χ4n) is 2.51. The molecular weight excluding hydrogens is 304 g/mol. The van der Waals surface area contributed by atoms with Gasteiger partial charge in [-0.3, -0.25) is 14.3 Å². The molecule has 0 bridgehead atoms. The lowest BCUT2D eigenvalue weighted by Gasteiger charge is -2.16. The molecule has 22 heavy (non-hydrogen) atoms. The minimum atomic E-state index is -0.383. The Morgan fingerprint density at radius 3 is 2.95 bits per heavy atom. The van der Waals surface area contributed by atoms with Crippen molar-refractivity contribution in [2.45, 2.75) is 6.42 Å². The summed E-state index contributed by atoms with van der Waals surface area (Å²) in [4.78, 5) is 26.0. The lowest BCUT2D eigenvalue weighted by Crippen LogP contribution is -2.28. The fourth-order valence-corrected chi connectivity index (χ4v) is 2.69. The Hall–Kier alpha value is -2.34. The van der Waals surface area contributed by atoms with Crippen molar-refractivity contribution < 1.29 is 9.59 Å². The number of rotatable bonds is 3. The Labute approximate surface area is 132 Å². The molecule has 1 atom stereocenters. The topological polar surface area (TPSA) is 67.2 Å². The van der Waals surface area contributed by atoms with Gasteiger partial charge in [0, 0.05) is 36.9 Å². The highest BCUT2D eigenvalue weighted by molar-refractivity contribution is 6.31. The van der Waals surface area contributed by atoms with Crippen LogP contribution in [0.1, 0.15) is 6.42 Å². The number of hydrogen-bond acceptors (Lipinski definition) is 3. The first kappa shape index (κ1) is 14.6. The van der Waals surface area contributed by atoms with Gasteiger partial charge in [0.2, 0.25) is 11.8 Å². The minimum Gasteiger partial charge on any atom is -0.323 e. The molecule has 1 saturated heterocycles. The number of amides is 2. The van der Waals surface area contributed by atoms with Gasteiger partial charge in [-0.05, 0) is 18.2 Å². The number of aryl methyl sites for hydroxylation is 1. The number of nitrogens with one attached hydrogen (secondary N) is 1. The Kier molecular flexibility index (Phi) is 3.85. The summed E-state index contributed by atoms with van der Waals surface area (Å²) in [5.74, 6) is -0.633. The van der Waals surface area contributed by atoms with E-state index in [1.807, 2.05) is 6.07 Å². The number of anilines is 2. The zero-order valence-corrected chi connectivity index (χ0v) is 12.7. The second kappa shape index (κ2) is 5.81. The molecule has 0 spiro atoms. The van der Waals surface area contributed by atoms with Crippen LogP contribution in [0.25, 0.3) is 0 Å². The molecule has 3 rings (SSSR count). The zero-order chi connectivity index (χ0) is 15.7. The van der Waals surface area contributed by atoms with Gasteiger partial charge in [-0.15, -0.1) is 0 Å². The lowest BCUT2D eigenvalue weighted by atomic mass is 10.1. The summed E-state index contributed by atoms with van der Waals surface area (Å²) in [5.41, 5.74) is 1.34. The van der Waals surface area contributed by atoms with E-state index >= 15 is 0 Å². The molecule has 0 unspecified atom stereocenters. The van der Waals surface area contributed by atoms with Gasteiger partial charge < -0.3 is 10.2 Å². The summed E-state index contributed by atoms with van der Waals surface area (Å²) in [6, 6.07) is 7.07. The van der Waals surface area contributed by atoms with E-state index in [0.717, 1.165) is 0 Å². The van der Waals surface area contributed by atoms with Gasteiger partial charge in [0.05, 0.1) is 17.8 Å². The number of halogens is 1. The second-order valence-corrected chi connectivity index (χ2v) is 5.71. The first-order chi connectivity index (χ1) is 10.5. The average Bonchev–Trinajstić information content (AvgIpc) is 3.05. The maximum absolute atomic E-state index is 12.3. The van der Waals surface area contributed by atoms with Crippen molar-refractivity contribution in [3.63, 3.8) is 0 Å². The molecule has 2 amide bonds. The number of carbonyl (C=O) groups excluding carboxylic acids is 2. The summed E-state index contributed by atoms with van der Waals surface area (Å²) in [6.07, 6.45) is 3.48. The predicted molar refractivity (Wildman–Crippen MR) is 83.7 cm³/mol. The number of carbonyl (C=O) groups is 2. The second-order valence-electron chi connectivity index (χ2n) is 5.28. The van der Waals surface area contributed by atoms with Gasteiger partial charge in [-0.1, -0.05) is 17.7 Å². The van der Waals surface area contributed by atoms with Crippen LogP contribution in [0.15, 0.2) is 36.7 Å². The number of nitrogens with zero attached hydrogens (tertiary/aromatic N) is 3. The summed E-state index contributed by atoms with van der Waals surface area (Å²) in [7, 11) is 1.77. The Balaban J connectivity index is 1.70. The van der Waals surface area contributed by atoms with E-state index in [-0.39, 0.29) is 24.2 Å². The summed E-state index contributed by atoms with van der Waals surface area (Å²) >= 11 is 5.95. The van der Waals surface area contributed by atoms with E-state index in [0.29, 0.717) is 22.9 Å². The van der Waals surface area contributed by atoms with Crippen LogP contribution in [0, 0.1) is 5.92 Å². The maximum Gasteiger partial charge on any atom is 0.229 e. The minimum absolute atomic E-state index is 0.0754. The van der Waals surface area contributed by atoms with Crippen LogP contribution in [-0.4, -0.2) is 28.1 Å². The average molecular weight is 319 g/mol. The van der Waals surface area contributed by atoms with Gasteiger partial charge in [-0.2, -0.15) is 5.10 Å². The molecule has 1 aromatic carbocycles. The third kappa shape index (κ3) is 2.96. The third-order valence-corrected chi connectivity index (χ3v) is 3.82. The van der Waals surface area contributed by atoms with Crippen LogP contribution in [0.4, 0.5) is 11.4 Å². The molecule has 1 N–H and O–H groups in total. The van der Waals surface area contributed by atoms with Crippen molar-refractivity contribution in [3.05, 3.63) is 41.7 Å². The Morgan fingerprint density at radius 1 is 1.45 bits per heavy atom. The van der Waals surface area contributed by atoms with Gasteiger partial charge >= 0.3 is 0 Å². The maximum atomic E-state index is 12.3. The fraction of sp³-hybridized carbons (Fsp3) is 0.267. The van der Waals surface area contributed by atoms with E-state index in [1.54, 1.807) is 47.2 Å². The summed E-state index contributed by atoms with van der Waals surface area (Å²) in [6.45, 7) is 0.352. The van der Waals surface area contributed by atoms with Gasteiger partial charge in [0.1, 0.15) is 0 Å². The zero-order valence-electron chi connectivity index (χ0n) is 12.0. The molecule has 1 aliphatic heterocycles. The van der Waals surface area contributed by atoms with Gasteiger partial charge in [-0.25, -0.2) is 0 Å². The Morgan fingerprint density at radius 2 is 2.27 bits per heavy atom. The van der Waals surface area contributed by atoms with Crippen LogP contribution < -0.4 is 10.2 Å². The molecule has 7 heteroatoms. The van der Waals surface area contributed by atoms with Crippen LogP contribution in [0.2, 0.25) is 5.02 Å². The van der Waals surface area contributed by atoms with Crippen LogP contribution >= 0.6 is 11.6 Å². The highest BCUT2D eigenvalue weighted by atomic mass is 35.5. The van der Waals surface area contributed by atoms with E-state index in [9.17, 15) is 9.59 Å². The molecule has 6 nitrogen and oxygen atoms in total. The molecule has 0 saturated carbocycles. The first-order valence-electron chi connectivity index (χ1n) is 6.88. The molecule has 2 heterocycles. The van der Waals surface area contributed by atoms with E-state index < -0.39 is 0 Å². The summed E-state index contributed by atoms with van der Waals surface area (Å²) in [5, 5.41) is 7.34. The summed E-state index contributed by atoms with van der Waals surface area (Å²) < 4.78 is 1.60. The molecule has 0 aliphatic carbocycles. The molecule has 0 radical (unpaired) electrons. The number of hydrogen-bond donors (Lipinski definition) is 1. The van der Waals surface area contributed by atoms with Crippen LogP contribution in [0.5, 0.6) is 0 Å². The first-order valence-corrected chi connectivity index (χ1v) is 7.26. The molecule has 1 aromatic heterocycles. The highest BCUT2D eigenvalue weighted by Crippen LogP contribution is 2.27. The van der Waals surface area contributed by atoms with E-state index in [4.69, 9.17) is 11.6 Å². The van der Waals surface area contributed by atoms with Crippen molar-refractivity contribution in [1.82, 2.24) is 9.78 Å². The molecule has 1 aliphatic rings. The SMILES string of the molecule is Cn1cc(NC(=O)[C@@H]2CC(=O)N(c3cccc(Cl)c3)C2)cn1. The van der Waals surface area contributed by atoms with E-state index in [1.165, 1.54) is 0 Å². The van der Waals surface area contributed by atoms with Gasteiger partial charge in [0.25, 0.3) is 0 Å². The smallest absolute Gasteiger partial charge is 0.229 e. The van der Waals surface area contributed by atoms with Crippen molar-refractivity contribution in [2.24, 2.45) is 13.0 Å². The lowest BCUT2D eigenvalue weighted by molar-refractivity contribution is -0.122. The van der Waals surface area contributed by atoms with Gasteiger partial charge in [0.15, 0.2) is 0 Å². The molecular formula is C15H15ClN4O2. The third-order valence-electron chi connectivity index (χ3n) is 3.59. The standard InChI is InChI=1S/C15H15ClN4O2/c1-19-9-12(7-17-19)18-15(22)10-5-14(21)20(8-10)13-4-2-3-11(16)6-13/h2-4,6-7,9-10H,5,8H2,1H3,(H,18,22)/t10-/m1/s1. The van der Waals surface area contributed by atoms with Crippen molar-refractivity contribution in [3.8, 4) is 0 Å². The number of benzene rings is 1. The number of aromatic nitrogens is 2.